The van der Waals surface area contributed by atoms with Gasteiger partial charge in [-0.2, -0.15) is 0 Å². The highest BCUT2D eigenvalue weighted by Crippen LogP contribution is 2.17. The van der Waals surface area contributed by atoms with Crippen LogP contribution in [0.5, 0.6) is 0 Å². The quantitative estimate of drug-likeness (QED) is 0.871. The van der Waals surface area contributed by atoms with Crippen LogP contribution in [-0.4, -0.2) is 30.3 Å². The zero-order valence-corrected chi connectivity index (χ0v) is 13.2. The average molecular weight is 308 g/mol. The Balaban J connectivity index is 1.69. The number of hydrogen-bond acceptors (Lipinski definition) is 2. The summed E-state index contributed by atoms with van der Waals surface area (Å²) in [5.41, 5.74) is 2.57. The van der Waals surface area contributed by atoms with Crippen LogP contribution in [0.2, 0.25) is 0 Å². The lowest BCUT2D eigenvalue weighted by molar-refractivity contribution is -0.128. The standard InChI is InChI=1S/C19H20N2O2/c1-20(17-6-3-2-4-7-17)19(23)16-11-9-15(10-12-16)14-21-13-5-8-18(21)22/h2-4,6-7,9-12H,5,8,13-14H2,1H3. The zero-order chi connectivity index (χ0) is 16.2. The number of amides is 2. The third-order valence-corrected chi connectivity index (χ3v) is 4.19. The second kappa shape index (κ2) is 6.65. The number of carbonyl (C=O) groups excluding carboxylic acids is 2. The molecule has 0 atom stereocenters. The minimum atomic E-state index is -0.0417. The summed E-state index contributed by atoms with van der Waals surface area (Å²) < 4.78 is 0. The molecule has 0 aromatic heterocycles. The van der Waals surface area contributed by atoms with E-state index in [1.165, 1.54) is 0 Å². The molecule has 23 heavy (non-hydrogen) atoms. The second-order valence-corrected chi connectivity index (χ2v) is 5.82. The second-order valence-electron chi connectivity index (χ2n) is 5.82. The van der Waals surface area contributed by atoms with E-state index < -0.39 is 0 Å². The Bertz CT molecular complexity index is 695. The van der Waals surface area contributed by atoms with E-state index in [4.69, 9.17) is 0 Å². The maximum absolute atomic E-state index is 12.5. The minimum absolute atomic E-state index is 0.0417. The van der Waals surface area contributed by atoms with Gasteiger partial charge in [-0.15, -0.1) is 0 Å². The average Bonchev–Trinajstić information content (AvgIpc) is 3.00. The molecule has 2 aromatic rings. The molecule has 0 saturated carbocycles. The first-order valence-electron chi connectivity index (χ1n) is 7.85. The van der Waals surface area contributed by atoms with E-state index in [0.29, 0.717) is 18.5 Å². The maximum Gasteiger partial charge on any atom is 0.258 e. The lowest BCUT2D eigenvalue weighted by Crippen LogP contribution is -2.26. The van der Waals surface area contributed by atoms with E-state index in [0.717, 1.165) is 24.2 Å². The van der Waals surface area contributed by atoms with E-state index >= 15 is 0 Å². The fraction of sp³-hybridized carbons (Fsp3) is 0.263. The van der Waals surface area contributed by atoms with Crippen molar-refractivity contribution in [1.29, 1.82) is 0 Å². The summed E-state index contributed by atoms with van der Waals surface area (Å²) >= 11 is 0. The Morgan fingerprint density at radius 2 is 1.78 bits per heavy atom. The molecule has 2 amide bonds. The molecule has 4 nitrogen and oxygen atoms in total. The molecule has 2 aromatic carbocycles. The highest BCUT2D eigenvalue weighted by molar-refractivity contribution is 6.05. The van der Waals surface area contributed by atoms with Crippen LogP contribution in [0.15, 0.2) is 54.6 Å². The molecule has 118 valence electrons. The molecular weight excluding hydrogens is 288 g/mol. The topological polar surface area (TPSA) is 40.6 Å². The van der Waals surface area contributed by atoms with Gasteiger partial charge in [-0.05, 0) is 36.2 Å². The third-order valence-electron chi connectivity index (χ3n) is 4.19. The van der Waals surface area contributed by atoms with Crippen LogP contribution < -0.4 is 4.90 Å². The number of anilines is 1. The van der Waals surface area contributed by atoms with Crippen LogP contribution in [0.4, 0.5) is 5.69 Å². The molecule has 1 heterocycles. The largest absolute Gasteiger partial charge is 0.338 e. The van der Waals surface area contributed by atoms with Gasteiger partial charge in [-0.1, -0.05) is 30.3 Å². The molecule has 0 aliphatic carbocycles. The van der Waals surface area contributed by atoms with Gasteiger partial charge in [0.25, 0.3) is 5.91 Å². The maximum atomic E-state index is 12.5. The predicted octanol–water partition coefficient (Wildman–Crippen LogP) is 3.09. The number of hydrogen-bond donors (Lipinski definition) is 0. The summed E-state index contributed by atoms with van der Waals surface area (Å²) in [5.74, 6) is 0.175. The number of likely N-dealkylation sites (tertiary alicyclic amines) is 1. The number of para-hydroxylation sites is 1. The molecule has 1 aliphatic rings. The molecule has 0 spiro atoms. The van der Waals surface area contributed by atoms with Crippen molar-refractivity contribution in [2.75, 3.05) is 18.5 Å². The van der Waals surface area contributed by atoms with Crippen molar-refractivity contribution in [3.63, 3.8) is 0 Å². The van der Waals surface area contributed by atoms with Crippen LogP contribution in [-0.2, 0) is 11.3 Å². The Kier molecular flexibility index (Phi) is 4.42. The predicted molar refractivity (Wildman–Crippen MR) is 90.3 cm³/mol. The molecule has 1 aliphatic heterocycles. The fourth-order valence-corrected chi connectivity index (χ4v) is 2.81. The van der Waals surface area contributed by atoms with E-state index in [1.807, 2.05) is 59.5 Å². The molecule has 4 heteroatoms. The first-order valence-corrected chi connectivity index (χ1v) is 7.85. The minimum Gasteiger partial charge on any atom is -0.338 e. The monoisotopic (exact) mass is 308 g/mol. The SMILES string of the molecule is CN(C(=O)c1ccc(CN2CCCC2=O)cc1)c1ccccc1. The van der Waals surface area contributed by atoms with Crippen molar-refractivity contribution in [1.82, 2.24) is 4.90 Å². The van der Waals surface area contributed by atoms with Gasteiger partial charge in [0.1, 0.15) is 0 Å². The molecule has 0 N–H and O–H groups in total. The lowest BCUT2D eigenvalue weighted by atomic mass is 10.1. The molecule has 1 fully saturated rings. The highest BCUT2D eigenvalue weighted by atomic mass is 16.2. The first kappa shape index (κ1) is 15.3. The Hall–Kier alpha value is -2.62. The summed E-state index contributed by atoms with van der Waals surface area (Å²) in [6, 6.07) is 17.1. The molecule has 0 bridgehead atoms. The van der Waals surface area contributed by atoms with E-state index in [-0.39, 0.29) is 11.8 Å². The summed E-state index contributed by atoms with van der Waals surface area (Å²) in [7, 11) is 1.77. The van der Waals surface area contributed by atoms with Crippen molar-refractivity contribution in [3.8, 4) is 0 Å². The van der Waals surface area contributed by atoms with Gasteiger partial charge in [0.2, 0.25) is 5.91 Å². The van der Waals surface area contributed by atoms with Crippen molar-refractivity contribution in [2.45, 2.75) is 19.4 Å². The first-order chi connectivity index (χ1) is 11.1. The summed E-state index contributed by atoms with van der Waals surface area (Å²) in [4.78, 5) is 27.7. The number of rotatable bonds is 4. The molecule has 0 unspecified atom stereocenters. The molecule has 3 rings (SSSR count). The van der Waals surface area contributed by atoms with Gasteiger partial charge in [-0.25, -0.2) is 0 Å². The van der Waals surface area contributed by atoms with E-state index in [2.05, 4.69) is 0 Å². The number of nitrogens with zero attached hydrogens (tertiary/aromatic N) is 2. The number of benzene rings is 2. The van der Waals surface area contributed by atoms with E-state index in [1.54, 1.807) is 11.9 Å². The molecule has 0 radical (unpaired) electrons. The van der Waals surface area contributed by atoms with Crippen molar-refractivity contribution in [3.05, 3.63) is 65.7 Å². The van der Waals surface area contributed by atoms with Crippen LogP contribution in [0.3, 0.4) is 0 Å². The molecular formula is C19H20N2O2. The zero-order valence-electron chi connectivity index (χ0n) is 13.2. The molecule has 1 saturated heterocycles. The third kappa shape index (κ3) is 3.42. The van der Waals surface area contributed by atoms with Crippen molar-refractivity contribution >= 4 is 17.5 Å². The summed E-state index contributed by atoms with van der Waals surface area (Å²) in [6.07, 6.45) is 1.59. The van der Waals surface area contributed by atoms with Gasteiger partial charge < -0.3 is 9.80 Å². The number of carbonyl (C=O) groups is 2. The van der Waals surface area contributed by atoms with Gasteiger partial charge in [-0.3, -0.25) is 9.59 Å². The van der Waals surface area contributed by atoms with Crippen LogP contribution in [0.25, 0.3) is 0 Å². The van der Waals surface area contributed by atoms with Crippen LogP contribution >= 0.6 is 0 Å². The van der Waals surface area contributed by atoms with Crippen LogP contribution in [0.1, 0.15) is 28.8 Å². The van der Waals surface area contributed by atoms with Gasteiger partial charge in [0.05, 0.1) is 0 Å². The highest BCUT2D eigenvalue weighted by Gasteiger charge is 2.20. The smallest absolute Gasteiger partial charge is 0.258 e. The summed E-state index contributed by atoms with van der Waals surface area (Å²) in [5, 5.41) is 0. The Labute approximate surface area is 136 Å². The Morgan fingerprint density at radius 3 is 2.39 bits per heavy atom. The van der Waals surface area contributed by atoms with Crippen molar-refractivity contribution < 1.29 is 9.59 Å². The van der Waals surface area contributed by atoms with E-state index in [9.17, 15) is 9.59 Å². The van der Waals surface area contributed by atoms with Crippen LogP contribution in [0, 0.1) is 0 Å². The van der Waals surface area contributed by atoms with Gasteiger partial charge in [0, 0.05) is 37.8 Å². The van der Waals surface area contributed by atoms with Gasteiger partial charge >= 0.3 is 0 Å². The lowest BCUT2D eigenvalue weighted by Gasteiger charge is -2.18. The normalized spacial score (nSPS) is 14.1. The van der Waals surface area contributed by atoms with Gasteiger partial charge in [0.15, 0.2) is 0 Å². The van der Waals surface area contributed by atoms with Crippen molar-refractivity contribution in [2.24, 2.45) is 0 Å². The summed E-state index contributed by atoms with van der Waals surface area (Å²) in [6.45, 7) is 1.46. The Morgan fingerprint density at radius 1 is 1.09 bits per heavy atom. The fourth-order valence-electron chi connectivity index (χ4n) is 2.81.